The standard InChI is InChI=1S/C74H136O6/c1-4-7-10-13-16-19-22-25-28-31-33-34-35-36-37-38-39-40-42-43-46-49-52-55-58-61-64-67-73(76)79-70-71(69-78-72(75)66-63-60-57-54-51-48-45-30-27-24-21-18-15-12-9-6-3)80-74(77)68-65-62-59-56-53-50-47-44-41-32-29-26-23-20-17-14-11-8-5-2/h21-22,24-25,30-31,33,45,71H,4-20,23,26-29,32,34-44,46-70H2,1-3H3/b24-21-,25-22-,33-31-,45-30-. The quantitative estimate of drug-likeness (QED) is 0.0261. The van der Waals surface area contributed by atoms with E-state index in [0.29, 0.717) is 19.3 Å². The molecule has 0 fully saturated rings. The van der Waals surface area contributed by atoms with Gasteiger partial charge in [-0.15, -0.1) is 0 Å². The Balaban J connectivity index is 4.27. The first-order valence-corrected chi connectivity index (χ1v) is 35.6. The van der Waals surface area contributed by atoms with Crippen molar-refractivity contribution in [1.82, 2.24) is 0 Å². The van der Waals surface area contributed by atoms with E-state index < -0.39 is 6.10 Å². The van der Waals surface area contributed by atoms with Crippen LogP contribution in [-0.4, -0.2) is 37.2 Å². The molecule has 0 amide bonds. The first-order valence-electron chi connectivity index (χ1n) is 35.6. The molecule has 0 rings (SSSR count). The van der Waals surface area contributed by atoms with Crippen LogP contribution in [0.4, 0.5) is 0 Å². The van der Waals surface area contributed by atoms with Crippen LogP contribution in [0, 0.1) is 0 Å². The van der Waals surface area contributed by atoms with Gasteiger partial charge in [-0.1, -0.05) is 333 Å². The van der Waals surface area contributed by atoms with Crippen LogP contribution in [0.2, 0.25) is 0 Å². The zero-order valence-corrected chi connectivity index (χ0v) is 53.9. The zero-order chi connectivity index (χ0) is 57.8. The van der Waals surface area contributed by atoms with Crippen molar-refractivity contribution in [3.63, 3.8) is 0 Å². The number of allylic oxidation sites excluding steroid dienone is 8. The molecule has 1 unspecified atom stereocenters. The SMILES string of the molecule is CCCCCC/C=C\C/C=C\CCCCCCCC(=O)OCC(COC(=O)CCCCCCCCCCCCCCCCC/C=C\C/C=C\CCCCCCC)OC(=O)CCCCCCCCCCCCCCCCCCCCC. The van der Waals surface area contributed by atoms with E-state index in [-0.39, 0.29) is 31.1 Å². The van der Waals surface area contributed by atoms with Crippen LogP contribution in [0.1, 0.15) is 387 Å². The average molecular weight is 1120 g/mol. The van der Waals surface area contributed by atoms with E-state index in [0.717, 1.165) is 83.5 Å². The molecular formula is C74H136O6. The number of carbonyl (C=O) groups excluding carboxylic acids is 3. The van der Waals surface area contributed by atoms with Gasteiger partial charge in [0.15, 0.2) is 6.10 Å². The van der Waals surface area contributed by atoms with Gasteiger partial charge in [-0.2, -0.15) is 0 Å². The summed E-state index contributed by atoms with van der Waals surface area (Å²) in [5.41, 5.74) is 0. The van der Waals surface area contributed by atoms with E-state index in [1.165, 1.54) is 263 Å². The summed E-state index contributed by atoms with van der Waals surface area (Å²) in [6.45, 7) is 6.67. The third-order valence-electron chi connectivity index (χ3n) is 16.1. The molecular weight excluding hydrogens is 985 g/mol. The van der Waals surface area contributed by atoms with E-state index in [2.05, 4.69) is 69.4 Å². The molecule has 0 spiro atoms. The molecule has 0 N–H and O–H groups in total. The highest BCUT2D eigenvalue weighted by Crippen LogP contribution is 2.18. The highest BCUT2D eigenvalue weighted by atomic mass is 16.6. The highest BCUT2D eigenvalue weighted by Gasteiger charge is 2.19. The van der Waals surface area contributed by atoms with Gasteiger partial charge in [-0.05, 0) is 83.5 Å². The van der Waals surface area contributed by atoms with Crippen molar-refractivity contribution >= 4 is 17.9 Å². The lowest BCUT2D eigenvalue weighted by atomic mass is 10.0. The minimum Gasteiger partial charge on any atom is -0.462 e. The minimum atomic E-state index is -0.778. The number of rotatable bonds is 66. The molecule has 0 radical (unpaired) electrons. The van der Waals surface area contributed by atoms with Crippen LogP contribution in [0.15, 0.2) is 48.6 Å². The molecule has 6 heteroatoms. The van der Waals surface area contributed by atoms with Crippen molar-refractivity contribution in [2.75, 3.05) is 13.2 Å². The van der Waals surface area contributed by atoms with Gasteiger partial charge in [-0.3, -0.25) is 14.4 Å². The van der Waals surface area contributed by atoms with Crippen molar-refractivity contribution in [2.24, 2.45) is 0 Å². The molecule has 0 saturated heterocycles. The molecule has 0 bridgehead atoms. The molecule has 0 aliphatic carbocycles. The van der Waals surface area contributed by atoms with Crippen LogP contribution in [0.3, 0.4) is 0 Å². The van der Waals surface area contributed by atoms with Crippen molar-refractivity contribution < 1.29 is 28.6 Å². The van der Waals surface area contributed by atoms with Gasteiger partial charge in [0.2, 0.25) is 0 Å². The molecule has 0 aromatic rings. The van der Waals surface area contributed by atoms with E-state index in [1.807, 2.05) is 0 Å². The zero-order valence-electron chi connectivity index (χ0n) is 53.9. The number of unbranched alkanes of at least 4 members (excludes halogenated alkanes) is 47. The van der Waals surface area contributed by atoms with Gasteiger partial charge in [0.1, 0.15) is 13.2 Å². The summed E-state index contributed by atoms with van der Waals surface area (Å²) in [5, 5.41) is 0. The number of carbonyl (C=O) groups is 3. The van der Waals surface area contributed by atoms with Gasteiger partial charge in [0.05, 0.1) is 0 Å². The molecule has 0 aromatic heterocycles. The van der Waals surface area contributed by atoms with E-state index in [9.17, 15) is 14.4 Å². The fourth-order valence-corrected chi connectivity index (χ4v) is 10.7. The molecule has 1 atom stereocenters. The minimum absolute atomic E-state index is 0.0729. The third-order valence-corrected chi connectivity index (χ3v) is 16.1. The maximum Gasteiger partial charge on any atom is 0.306 e. The molecule has 80 heavy (non-hydrogen) atoms. The van der Waals surface area contributed by atoms with Crippen LogP contribution in [0.5, 0.6) is 0 Å². The van der Waals surface area contributed by atoms with Gasteiger partial charge in [-0.25, -0.2) is 0 Å². The van der Waals surface area contributed by atoms with E-state index in [4.69, 9.17) is 14.2 Å². The largest absolute Gasteiger partial charge is 0.462 e. The van der Waals surface area contributed by atoms with Gasteiger partial charge >= 0.3 is 17.9 Å². The van der Waals surface area contributed by atoms with Crippen LogP contribution >= 0.6 is 0 Å². The molecule has 0 aromatic carbocycles. The first-order chi connectivity index (χ1) is 39.5. The Kier molecular flexibility index (Phi) is 66.6. The van der Waals surface area contributed by atoms with Crippen LogP contribution < -0.4 is 0 Å². The normalized spacial score (nSPS) is 12.3. The smallest absolute Gasteiger partial charge is 0.306 e. The fraction of sp³-hybridized carbons (Fsp3) is 0.851. The molecule has 0 heterocycles. The lowest BCUT2D eigenvalue weighted by Gasteiger charge is -2.18. The Bertz CT molecular complexity index is 1380. The second kappa shape index (κ2) is 68.9. The second-order valence-electron chi connectivity index (χ2n) is 24.1. The molecule has 0 aliphatic rings. The highest BCUT2D eigenvalue weighted by molar-refractivity contribution is 5.71. The van der Waals surface area contributed by atoms with Gasteiger partial charge in [0.25, 0.3) is 0 Å². The van der Waals surface area contributed by atoms with Crippen LogP contribution in [-0.2, 0) is 28.6 Å². The van der Waals surface area contributed by atoms with Gasteiger partial charge < -0.3 is 14.2 Å². The van der Waals surface area contributed by atoms with E-state index in [1.54, 1.807) is 0 Å². The topological polar surface area (TPSA) is 78.9 Å². The first kappa shape index (κ1) is 77.4. The molecule has 468 valence electrons. The summed E-state index contributed by atoms with van der Waals surface area (Å²) in [7, 11) is 0. The Morgan fingerprint density at radius 2 is 0.450 bits per heavy atom. The Labute approximate surface area is 498 Å². The second-order valence-corrected chi connectivity index (χ2v) is 24.1. The van der Waals surface area contributed by atoms with Gasteiger partial charge in [0, 0.05) is 19.3 Å². The predicted molar refractivity (Wildman–Crippen MR) is 349 cm³/mol. The van der Waals surface area contributed by atoms with Crippen LogP contribution in [0.25, 0.3) is 0 Å². The predicted octanol–water partition coefficient (Wildman–Crippen LogP) is 24.5. The number of hydrogen-bond acceptors (Lipinski definition) is 6. The summed E-state index contributed by atoms with van der Waals surface area (Å²) in [5.74, 6) is -0.859. The van der Waals surface area contributed by atoms with Crippen molar-refractivity contribution in [3.8, 4) is 0 Å². The monoisotopic (exact) mass is 1120 g/mol. The summed E-state index contributed by atoms with van der Waals surface area (Å²) in [4.78, 5) is 38.5. The Morgan fingerprint density at radius 1 is 0.250 bits per heavy atom. The maximum atomic E-state index is 13.0. The van der Waals surface area contributed by atoms with Crippen molar-refractivity contribution in [3.05, 3.63) is 48.6 Å². The maximum absolute atomic E-state index is 13.0. The summed E-state index contributed by atoms with van der Waals surface area (Å²) >= 11 is 0. The Morgan fingerprint density at radius 3 is 0.700 bits per heavy atom. The number of ether oxygens (including phenoxy) is 3. The Hall–Kier alpha value is -2.63. The molecule has 6 nitrogen and oxygen atoms in total. The summed E-state index contributed by atoms with van der Waals surface area (Å²) < 4.78 is 17.0. The third kappa shape index (κ3) is 66.2. The van der Waals surface area contributed by atoms with E-state index >= 15 is 0 Å². The number of esters is 3. The lowest BCUT2D eigenvalue weighted by Crippen LogP contribution is -2.30. The molecule has 0 aliphatic heterocycles. The summed E-state index contributed by atoms with van der Waals surface area (Å²) in [6, 6.07) is 0. The number of hydrogen-bond donors (Lipinski definition) is 0. The molecule has 0 saturated carbocycles. The average Bonchev–Trinajstić information content (AvgIpc) is 3.46. The summed E-state index contributed by atoms with van der Waals surface area (Å²) in [6.07, 6.45) is 87.1. The van der Waals surface area contributed by atoms with Crippen molar-refractivity contribution in [1.29, 1.82) is 0 Å². The van der Waals surface area contributed by atoms with Crippen molar-refractivity contribution in [2.45, 2.75) is 393 Å². The lowest BCUT2D eigenvalue weighted by molar-refractivity contribution is -0.167. The fourth-order valence-electron chi connectivity index (χ4n) is 10.7.